The maximum Gasteiger partial charge on any atom is 0.251 e. The number of hydrogen-bond acceptors (Lipinski definition) is 7. The smallest absolute Gasteiger partial charge is 0.251 e. The first-order chi connectivity index (χ1) is 15.0. The summed E-state index contributed by atoms with van der Waals surface area (Å²) in [7, 11) is -6.73. The lowest BCUT2D eigenvalue weighted by Crippen LogP contribution is -2.38. The predicted octanol–water partition coefficient (Wildman–Crippen LogP) is 1.33. The first kappa shape index (κ1) is 24.1. The highest BCUT2D eigenvalue weighted by Gasteiger charge is 2.35. The molecule has 0 radical (unpaired) electrons. The summed E-state index contributed by atoms with van der Waals surface area (Å²) in [5.74, 6) is 0.521. The van der Waals surface area contributed by atoms with Gasteiger partial charge in [0.2, 0.25) is 10.0 Å². The molecule has 174 valence electrons. The number of sulfone groups is 1. The normalized spacial score (nSPS) is 18.6. The van der Waals surface area contributed by atoms with Crippen LogP contribution < -0.4 is 15.4 Å². The average molecular weight is 481 g/mol. The summed E-state index contributed by atoms with van der Waals surface area (Å²) in [5.41, 5.74) is 1.49. The van der Waals surface area contributed by atoms with Crippen molar-refractivity contribution in [2.75, 3.05) is 31.2 Å². The molecule has 0 atom stereocenters. The van der Waals surface area contributed by atoms with Crippen LogP contribution in [0.1, 0.15) is 28.8 Å². The monoisotopic (exact) mass is 480 g/mol. The van der Waals surface area contributed by atoms with E-state index in [1.54, 1.807) is 24.3 Å². The SMILES string of the molecule is Cc1cccc(C(=O)NCCNS(=O)(=O)c2ccc(NCC3CC(S(C)(=O)=O)C3)nc2)c1. The highest BCUT2D eigenvalue weighted by molar-refractivity contribution is 7.91. The molecule has 0 aliphatic heterocycles. The van der Waals surface area contributed by atoms with Crippen LogP contribution in [0.2, 0.25) is 0 Å². The van der Waals surface area contributed by atoms with Crippen LogP contribution in [0.15, 0.2) is 47.5 Å². The van der Waals surface area contributed by atoms with Gasteiger partial charge in [0.25, 0.3) is 5.91 Å². The van der Waals surface area contributed by atoms with Crippen LogP contribution in [0.3, 0.4) is 0 Å². The summed E-state index contributed by atoms with van der Waals surface area (Å²) in [6, 6.07) is 10.2. The molecule has 1 amide bonds. The number of nitrogens with zero attached hydrogens (tertiary/aromatic N) is 1. The molecule has 1 aromatic carbocycles. The predicted molar refractivity (Wildman–Crippen MR) is 123 cm³/mol. The van der Waals surface area contributed by atoms with Gasteiger partial charge in [0.05, 0.1) is 5.25 Å². The molecule has 1 fully saturated rings. The second-order valence-corrected chi connectivity index (χ2v) is 12.2. The third-order valence-electron chi connectivity index (χ3n) is 5.40. The van der Waals surface area contributed by atoms with Gasteiger partial charge in [-0.2, -0.15) is 0 Å². The molecular formula is C21H28N4O5S2. The molecule has 1 aromatic heterocycles. The van der Waals surface area contributed by atoms with Crippen LogP contribution in [-0.2, 0) is 19.9 Å². The second-order valence-electron chi connectivity index (χ2n) is 8.07. The number of sulfonamides is 1. The summed E-state index contributed by atoms with van der Waals surface area (Å²) in [6.45, 7) is 2.67. The minimum Gasteiger partial charge on any atom is -0.370 e. The van der Waals surface area contributed by atoms with Gasteiger partial charge in [-0.05, 0) is 49.9 Å². The Morgan fingerprint density at radius 3 is 2.47 bits per heavy atom. The number of carbonyl (C=O) groups excluding carboxylic acids is 1. The van der Waals surface area contributed by atoms with Gasteiger partial charge in [0, 0.05) is 37.7 Å². The second kappa shape index (κ2) is 9.97. The van der Waals surface area contributed by atoms with Gasteiger partial charge in [-0.15, -0.1) is 0 Å². The van der Waals surface area contributed by atoms with Crippen molar-refractivity contribution in [1.82, 2.24) is 15.0 Å². The van der Waals surface area contributed by atoms with E-state index in [0.717, 1.165) is 5.56 Å². The maximum atomic E-state index is 12.4. The van der Waals surface area contributed by atoms with Gasteiger partial charge in [-0.25, -0.2) is 26.5 Å². The fraction of sp³-hybridized carbons (Fsp3) is 0.429. The van der Waals surface area contributed by atoms with Gasteiger partial charge in [0.1, 0.15) is 20.6 Å². The van der Waals surface area contributed by atoms with E-state index in [1.165, 1.54) is 18.5 Å². The van der Waals surface area contributed by atoms with Crippen LogP contribution in [-0.4, -0.2) is 58.9 Å². The van der Waals surface area contributed by atoms with Crippen LogP contribution in [0.5, 0.6) is 0 Å². The van der Waals surface area contributed by atoms with Gasteiger partial charge in [-0.1, -0.05) is 17.7 Å². The van der Waals surface area contributed by atoms with Crippen molar-refractivity contribution in [2.45, 2.75) is 29.9 Å². The minimum absolute atomic E-state index is 0.0221. The topological polar surface area (TPSA) is 134 Å². The first-order valence-electron chi connectivity index (χ1n) is 10.3. The third kappa shape index (κ3) is 6.50. The molecule has 3 N–H and O–H groups in total. The first-order valence-corrected chi connectivity index (χ1v) is 13.7. The van der Waals surface area contributed by atoms with Crippen molar-refractivity contribution >= 4 is 31.6 Å². The van der Waals surface area contributed by atoms with E-state index >= 15 is 0 Å². The number of rotatable bonds is 10. The number of amides is 1. The molecule has 1 aliphatic carbocycles. The van der Waals surface area contributed by atoms with E-state index in [9.17, 15) is 21.6 Å². The van der Waals surface area contributed by atoms with E-state index in [2.05, 4.69) is 20.3 Å². The number of aryl methyl sites for hydroxylation is 1. The fourth-order valence-corrected chi connectivity index (χ4v) is 5.64. The molecule has 1 heterocycles. The Morgan fingerprint density at radius 2 is 1.84 bits per heavy atom. The lowest BCUT2D eigenvalue weighted by atomic mass is 9.85. The zero-order valence-corrected chi connectivity index (χ0v) is 19.7. The molecule has 1 saturated carbocycles. The number of benzene rings is 1. The van der Waals surface area contributed by atoms with Gasteiger partial charge in [-0.3, -0.25) is 4.79 Å². The lowest BCUT2D eigenvalue weighted by Gasteiger charge is -2.34. The Morgan fingerprint density at radius 1 is 1.09 bits per heavy atom. The highest BCUT2D eigenvalue weighted by Crippen LogP contribution is 2.32. The zero-order chi connectivity index (χ0) is 23.4. The molecule has 3 rings (SSSR count). The molecule has 0 saturated heterocycles. The minimum atomic E-state index is -3.75. The molecule has 0 bridgehead atoms. The lowest BCUT2D eigenvalue weighted by molar-refractivity contribution is 0.0954. The standard InChI is InChI=1S/C21H28N4O5S2/c1-15-4-3-5-17(10-15)21(26)22-8-9-25-32(29,30)18-6-7-20(24-14-18)23-13-16-11-19(12-16)31(2,27)28/h3-7,10,14,16,19,25H,8-9,11-13H2,1-2H3,(H,22,26)(H,23,24). The highest BCUT2D eigenvalue weighted by atomic mass is 32.2. The van der Waals surface area contributed by atoms with E-state index in [1.807, 2.05) is 13.0 Å². The van der Waals surface area contributed by atoms with Crippen LogP contribution in [0, 0.1) is 12.8 Å². The number of anilines is 1. The summed E-state index contributed by atoms with van der Waals surface area (Å²) in [5, 5.41) is 5.53. The number of carbonyl (C=O) groups is 1. The van der Waals surface area contributed by atoms with Crippen molar-refractivity contribution < 1.29 is 21.6 Å². The van der Waals surface area contributed by atoms with Crippen LogP contribution in [0.4, 0.5) is 5.82 Å². The van der Waals surface area contributed by atoms with Gasteiger partial charge >= 0.3 is 0 Å². The van der Waals surface area contributed by atoms with Gasteiger partial charge in [0.15, 0.2) is 0 Å². The Kier molecular flexibility index (Phi) is 7.52. The van der Waals surface area contributed by atoms with Gasteiger partial charge < -0.3 is 10.6 Å². The van der Waals surface area contributed by atoms with Crippen LogP contribution >= 0.6 is 0 Å². The molecule has 1 aliphatic rings. The fourth-order valence-electron chi connectivity index (χ4n) is 3.42. The number of hydrogen-bond donors (Lipinski definition) is 3. The molecule has 0 unspecified atom stereocenters. The summed E-state index contributed by atoms with van der Waals surface area (Å²) in [4.78, 5) is 16.2. The summed E-state index contributed by atoms with van der Waals surface area (Å²) < 4.78 is 50.2. The van der Waals surface area contributed by atoms with E-state index in [4.69, 9.17) is 0 Å². The maximum absolute atomic E-state index is 12.4. The molecule has 9 nitrogen and oxygen atoms in total. The van der Waals surface area contributed by atoms with E-state index < -0.39 is 19.9 Å². The van der Waals surface area contributed by atoms with E-state index in [-0.39, 0.29) is 35.1 Å². The Bertz CT molecular complexity index is 1160. The summed E-state index contributed by atoms with van der Waals surface area (Å²) >= 11 is 0. The largest absolute Gasteiger partial charge is 0.370 e. The molecule has 2 aromatic rings. The van der Waals surface area contributed by atoms with Crippen molar-refractivity contribution in [3.05, 3.63) is 53.7 Å². The molecule has 32 heavy (non-hydrogen) atoms. The van der Waals surface area contributed by atoms with Crippen LogP contribution in [0.25, 0.3) is 0 Å². The van der Waals surface area contributed by atoms with Crippen molar-refractivity contribution in [2.24, 2.45) is 5.92 Å². The zero-order valence-electron chi connectivity index (χ0n) is 18.0. The van der Waals surface area contributed by atoms with Crippen molar-refractivity contribution in [1.29, 1.82) is 0 Å². The Labute approximate surface area is 189 Å². The Balaban J connectivity index is 1.42. The number of aromatic nitrogens is 1. The quantitative estimate of drug-likeness (QED) is 0.437. The number of nitrogens with one attached hydrogen (secondary N) is 3. The molecule has 0 spiro atoms. The average Bonchev–Trinajstić information content (AvgIpc) is 2.69. The Hall–Kier alpha value is -2.50. The number of pyridine rings is 1. The summed E-state index contributed by atoms with van der Waals surface area (Å²) in [6.07, 6.45) is 3.77. The van der Waals surface area contributed by atoms with E-state index in [0.29, 0.717) is 30.8 Å². The van der Waals surface area contributed by atoms with Crippen molar-refractivity contribution in [3.8, 4) is 0 Å². The van der Waals surface area contributed by atoms with Crippen molar-refractivity contribution in [3.63, 3.8) is 0 Å². The molecular weight excluding hydrogens is 452 g/mol. The molecule has 11 heteroatoms. The third-order valence-corrected chi connectivity index (χ3v) is 8.44.